The molecule has 1 atom stereocenters. The van der Waals surface area contributed by atoms with Gasteiger partial charge in [-0.3, -0.25) is 0 Å². The first-order valence-corrected chi connectivity index (χ1v) is 4.52. The van der Waals surface area contributed by atoms with Gasteiger partial charge in [0.15, 0.2) is 5.08 Å². The molecule has 0 heterocycles. The summed E-state index contributed by atoms with van der Waals surface area (Å²) < 4.78 is 12.3. The van der Waals surface area contributed by atoms with Crippen LogP contribution in [-0.2, 0) is 6.42 Å². The minimum atomic E-state index is -0.872. The highest BCUT2D eigenvalue weighted by Gasteiger charge is 1.99. The van der Waals surface area contributed by atoms with E-state index in [0.29, 0.717) is 6.42 Å². The average Bonchev–Trinajstić information content (AvgIpc) is 2.03. The molecule has 0 aliphatic heterocycles. The van der Waals surface area contributed by atoms with Crippen LogP contribution in [0.2, 0.25) is 0 Å². The first-order chi connectivity index (χ1) is 5.29. The van der Waals surface area contributed by atoms with Gasteiger partial charge in [-0.25, -0.2) is 4.39 Å². The van der Waals surface area contributed by atoms with Crippen LogP contribution in [0.5, 0.6) is 0 Å². The summed E-state index contributed by atoms with van der Waals surface area (Å²) in [4.78, 5) is 0. The van der Waals surface area contributed by atoms with E-state index in [0.717, 1.165) is 6.42 Å². The van der Waals surface area contributed by atoms with Crippen LogP contribution in [0.1, 0.15) is 12.0 Å². The summed E-state index contributed by atoms with van der Waals surface area (Å²) in [7, 11) is 0. The molecule has 0 fully saturated rings. The first-order valence-electron chi connectivity index (χ1n) is 3.61. The molecular formula is C9H10BrF. The molecule has 60 valence electrons. The molecule has 1 aromatic rings. The van der Waals surface area contributed by atoms with Crippen molar-refractivity contribution >= 4 is 15.9 Å². The van der Waals surface area contributed by atoms with Gasteiger partial charge in [0.1, 0.15) is 0 Å². The molecule has 0 amide bonds. The van der Waals surface area contributed by atoms with Crippen LogP contribution < -0.4 is 0 Å². The van der Waals surface area contributed by atoms with Gasteiger partial charge in [-0.15, -0.1) is 0 Å². The number of hydrogen-bond donors (Lipinski definition) is 0. The molecule has 0 aliphatic rings. The quantitative estimate of drug-likeness (QED) is 0.681. The van der Waals surface area contributed by atoms with Gasteiger partial charge in [-0.2, -0.15) is 0 Å². The summed E-state index contributed by atoms with van der Waals surface area (Å²) in [6.45, 7) is 0. The maximum Gasteiger partial charge on any atom is 0.155 e. The van der Waals surface area contributed by atoms with Crippen molar-refractivity contribution in [1.29, 1.82) is 0 Å². The van der Waals surface area contributed by atoms with E-state index in [1.54, 1.807) is 0 Å². The summed E-state index contributed by atoms with van der Waals surface area (Å²) in [5.74, 6) is 0. The summed E-state index contributed by atoms with van der Waals surface area (Å²) in [5, 5.41) is -0.872. The Labute approximate surface area is 74.6 Å². The van der Waals surface area contributed by atoms with Crippen molar-refractivity contribution in [3.05, 3.63) is 35.9 Å². The number of rotatable bonds is 3. The Morgan fingerprint density at radius 2 is 1.91 bits per heavy atom. The SMILES string of the molecule is FC(Br)CCc1ccccc1. The van der Waals surface area contributed by atoms with Crippen LogP contribution in [0.25, 0.3) is 0 Å². The third-order valence-electron chi connectivity index (χ3n) is 1.49. The summed E-state index contributed by atoms with van der Waals surface area (Å²) in [6, 6.07) is 9.92. The van der Waals surface area contributed by atoms with E-state index in [1.807, 2.05) is 30.3 Å². The van der Waals surface area contributed by atoms with E-state index in [9.17, 15) is 4.39 Å². The lowest BCUT2D eigenvalue weighted by molar-refractivity contribution is 0.438. The molecule has 0 aromatic heterocycles. The van der Waals surface area contributed by atoms with Crippen LogP contribution in [-0.4, -0.2) is 5.08 Å². The molecule has 0 aliphatic carbocycles. The minimum Gasteiger partial charge on any atom is -0.235 e. The van der Waals surface area contributed by atoms with Gasteiger partial charge in [-0.05, 0) is 18.4 Å². The van der Waals surface area contributed by atoms with Crippen molar-refractivity contribution < 1.29 is 4.39 Å². The number of hydrogen-bond acceptors (Lipinski definition) is 0. The molecule has 0 saturated heterocycles. The number of alkyl halides is 2. The van der Waals surface area contributed by atoms with Crippen LogP contribution >= 0.6 is 15.9 Å². The van der Waals surface area contributed by atoms with E-state index < -0.39 is 5.08 Å². The molecule has 0 saturated carbocycles. The zero-order valence-electron chi connectivity index (χ0n) is 6.13. The molecule has 11 heavy (non-hydrogen) atoms. The fourth-order valence-electron chi connectivity index (χ4n) is 0.920. The molecule has 1 aromatic carbocycles. The maximum absolute atomic E-state index is 12.3. The largest absolute Gasteiger partial charge is 0.235 e. The van der Waals surface area contributed by atoms with Crippen molar-refractivity contribution in [1.82, 2.24) is 0 Å². The van der Waals surface area contributed by atoms with Crippen LogP contribution in [0.15, 0.2) is 30.3 Å². The fourth-order valence-corrected chi connectivity index (χ4v) is 1.15. The minimum absolute atomic E-state index is 0.546. The number of halogens is 2. The van der Waals surface area contributed by atoms with Crippen molar-refractivity contribution in [3.8, 4) is 0 Å². The van der Waals surface area contributed by atoms with E-state index in [-0.39, 0.29) is 0 Å². The average molecular weight is 217 g/mol. The summed E-state index contributed by atoms with van der Waals surface area (Å²) in [6.07, 6.45) is 1.34. The fraction of sp³-hybridized carbons (Fsp3) is 0.333. The Kier molecular flexibility index (Phi) is 3.57. The Morgan fingerprint density at radius 1 is 1.27 bits per heavy atom. The van der Waals surface area contributed by atoms with Gasteiger partial charge < -0.3 is 0 Å². The van der Waals surface area contributed by atoms with Gasteiger partial charge >= 0.3 is 0 Å². The topological polar surface area (TPSA) is 0 Å². The van der Waals surface area contributed by atoms with E-state index in [2.05, 4.69) is 15.9 Å². The van der Waals surface area contributed by atoms with E-state index >= 15 is 0 Å². The molecule has 2 heteroatoms. The van der Waals surface area contributed by atoms with Crippen LogP contribution in [0, 0.1) is 0 Å². The second-order valence-corrected chi connectivity index (χ2v) is 3.41. The monoisotopic (exact) mass is 216 g/mol. The highest BCUT2D eigenvalue weighted by molar-refractivity contribution is 9.09. The lowest BCUT2D eigenvalue weighted by Gasteiger charge is -1.99. The zero-order valence-corrected chi connectivity index (χ0v) is 7.72. The Balaban J connectivity index is 2.39. The molecule has 0 N–H and O–H groups in total. The van der Waals surface area contributed by atoms with Crippen LogP contribution in [0.4, 0.5) is 4.39 Å². The smallest absolute Gasteiger partial charge is 0.155 e. The molecule has 1 unspecified atom stereocenters. The van der Waals surface area contributed by atoms with Gasteiger partial charge in [0.2, 0.25) is 0 Å². The first kappa shape index (κ1) is 8.72. The van der Waals surface area contributed by atoms with E-state index in [4.69, 9.17) is 0 Å². The highest BCUT2D eigenvalue weighted by atomic mass is 79.9. The lowest BCUT2D eigenvalue weighted by Crippen LogP contribution is -1.91. The molecule has 0 nitrogen and oxygen atoms in total. The van der Waals surface area contributed by atoms with Crippen molar-refractivity contribution in [2.45, 2.75) is 17.9 Å². The molecule has 0 radical (unpaired) electrons. The standard InChI is InChI=1S/C9H10BrF/c10-9(11)7-6-8-4-2-1-3-5-8/h1-5,9H,6-7H2. The molecular weight excluding hydrogens is 207 g/mol. The zero-order chi connectivity index (χ0) is 8.10. The van der Waals surface area contributed by atoms with Gasteiger partial charge in [0.05, 0.1) is 0 Å². The van der Waals surface area contributed by atoms with Crippen LogP contribution in [0.3, 0.4) is 0 Å². The van der Waals surface area contributed by atoms with Crippen molar-refractivity contribution in [2.75, 3.05) is 0 Å². The predicted octanol–water partition coefficient (Wildman–Crippen LogP) is 3.31. The third-order valence-corrected chi connectivity index (χ3v) is 1.95. The number of aryl methyl sites for hydroxylation is 1. The van der Waals surface area contributed by atoms with Crippen molar-refractivity contribution in [3.63, 3.8) is 0 Å². The second kappa shape index (κ2) is 4.50. The molecule has 0 bridgehead atoms. The molecule has 0 spiro atoms. The normalized spacial score (nSPS) is 12.9. The van der Waals surface area contributed by atoms with Gasteiger partial charge in [0, 0.05) is 0 Å². The van der Waals surface area contributed by atoms with Crippen molar-refractivity contribution in [2.24, 2.45) is 0 Å². The number of benzene rings is 1. The Hall–Kier alpha value is -0.370. The Bertz CT molecular complexity index is 196. The Morgan fingerprint density at radius 3 is 2.45 bits per heavy atom. The molecule has 1 rings (SSSR count). The predicted molar refractivity (Wildman–Crippen MR) is 48.6 cm³/mol. The summed E-state index contributed by atoms with van der Waals surface area (Å²) >= 11 is 2.87. The highest BCUT2D eigenvalue weighted by Crippen LogP contribution is 2.11. The van der Waals surface area contributed by atoms with Gasteiger partial charge in [-0.1, -0.05) is 46.3 Å². The lowest BCUT2D eigenvalue weighted by atomic mass is 10.1. The maximum atomic E-state index is 12.3. The third kappa shape index (κ3) is 3.51. The summed E-state index contributed by atoms with van der Waals surface area (Å²) in [5.41, 5.74) is 1.19. The second-order valence-electron chi connectivity index (χ2n) is 2.42. The van der Waals surface area contributed by atoms with Gasteiger partial charge in [0.25, 0.3) is 0 Å². The van der Waals surface area contributed by atoms with E-state index in [1.165, 1.54) is 5.56 Å².